The lowest BCUT2D eigenvalue weighted by molar-refractivity contribution is -0.384. The molecule has 0 saturated carbocycles. The quantitative estimate of drug-likeness (QED) is 0.404. The fourth-order valence-corrected chi connectivity index (χ4v) is 2.58. The van der Waals surface area contributed by atoms with Crippen LogP contribution in [0.3, 0.4) is 0 Å². The second kappa shape index (κ2) is 8.84. The average molecular weight is 396 g/mol. The number of nitro benzene ring substituents is 1. The van der Waals surface area contributed by atoms with E-state index in [1.54, 1.807) is 6.20 Å². The monoisotopic (exact) mass is 395 g/mol. The van der Waals surface area contributed by atoms with Crippen LogP contribution in [0.5, 0.6) is 5.75 Å². The Labute approximate surface area is 165 Å². The summed E-state index contributed by atoms with van der Waals surface area (Å²) < 4.78 is 5.55. The highest BCUT2D eigenvalue weighted by Gasteiger charge is 2.15. The van der Waals surface area contributed by atoms with E-state index in [9.17, 15) is 14.9 Å². The number of nitro groups is 1. The van der Waals surface area contributed by atoms with E-state index in [1.165, 1.54) is 12.1 Å². The summed E-state index contributed by atoms with van der Waals surface area (Å²) in [6.45, 7) is 0.235. The molecule has 0 unspecified atom stereocenters. The van der Waals surface area contributed by atoms with Gasteiger partial charge in [-0.25, -0.2) is 0 Å². The van der Waals surface area contributed by atoms with Crippen LogP contribution in [-0.2, 0) is 0 Å². The van der Waals surface area contributed by atoms with Crippen molar-refractivity contribution in [1.29, 1.82) is 0 Å². The maximum Gasteiger partial charge on any atom is 0.288 e. The highest BCUT2D eigenvalue weighted by atomic mass is 35.5. The summed E-state index contributed by atoms with van der Waals surface area (Å²) >= 11 is 5.73. The van der Waals surface area contributed by atoms with Crippen LogP contribution in [0.4, 0.5) is 5.69 Å². The predicted octanol–water partition coefficient (Wildman–Crippen LogP) is 3.61. The Kier molecular flexibility index (Phi) is 6.04. The van der Waals surface area contributed by atoms with Crippen molar-refractivity contribution in [2.24, 2.45) is 0 Å². The maximum atomic E-state index is 12.0. The molecule has 1 heterocycles. The van der Waals surface area contributed by atoms with Crippen LogP contribution in [0.1, 0.15) is 10.4 Å². The van der Waals surface area contributed by atoms with Crippen molar-refractivity contribution in [2.75, 3.05) is 13.2 Å². The van der Waals surface area contributed by atoms with Gasteiger partial charge in [-0.1, -0.05) is 29.5 Å². The van der Waals surface area contributed by atoms with Gasteiger partial charge in [0.1, 0.15) is 17.4 Å². The van der Waals surface area contributed by atoms with Crippen LogP contribution in [0.15, 0.2) is 54.7 Å². The molecule has 0 atom stereocenters. The van der Waals surface area contributed by atoms with Crippen molar-refractivity contribution in [2.45, 2.75) is 0 Å². The summed E-state index contributed by atoms with van der Waals surface area (Å²) in [5, 5.41) is 14.4. The lowest BCUT2D eigenvalue weighted by Gasteiger charge is -2.03. The van der Waals surface area contributed by atoms with Gasteiger partial charge in [0.15, 0.2) is 0 Å². The minimum absolute atomic E-state index is 0.0256. The molecule has 7 nitrogen and oxygen atoms in total. The normalized spacial score (nSPS) is 10.0. The Morgan fingerprint density at radius 3 is 2.89 bits per heavy atom. The number of rotatable bonds is 5. The van der Waals surface area contributed by atoms with Gasteiger partial charge in [-0.05, 0) is 30.3 Å². The van der Waals surface area contributed by atoms with E-state index in [2.05, 4.69) is 22.1 Å². The van der Waals surface area contributed by atoms with Crippen LogP contribution in [0.25, 0.3) is 10.9 Å². The second-order valence-electron chi connectivity index (χ2n) is 5.61. The van der Waals surface area contributed by atoms with Crippen molar-refractivity contribution in [3.63, 3.8) is 0 Å². The molecule has 0 radical (unpaired) electrons. The minimum Gasteiger partial charge on any atom is -0.481 e. The standard InChI is InChI=1S/C20H14ClN3O4/c21-17-8-6-15(12-19(17)24(26)27)20(25)23-9-1-2-11-28-16-7-5-14-4-3-10-22-18(14)13-16/h3-8,10,12-13H,9,11H2,(H,23,25). The van der Waals surface area contributed by atoms with Crippen LogP contribution >= 0.6 is 11.6 Å². The molecule has 0 aliphatic heterocycles. The van der Waals surface area contributed by atoms with Crippen molar-refractivity contribution in [1.82, 2.24) is 10.3 Å². The number of amides is 1. The third-order valence-electron chi connectivity index (χ3n) is 3.76. The van der Waals surface area contributed by atoms with E-state index in [0.29, 0.717) is 5.75 Å². The van der Waals surface area contributed by atoms with Crippen molar-refractivity contribution >= 4 is 34.1 Å². The van der Waals surface area contributed by atoms with E-state index in [-0.39, 0.29) is 29.4 Å². The van der Waals surface area contributed by atoms with E-state index in [1.807, 2.05) is 30.3 Å². The van der Waals surface area contributed by atoms with Gasteiger partial charge >= 0.3 is 0 Å². The zero-order chi connectivity index (χ0) is 19.9. The number of nitrogens with zero attached hydrogens (tertiary/aromatic N) is 2. The van der Waals surface area contributed by atoms with Crippen LogP contribution in [0.2, 0.25) is 5.02 Å². The highest BCUT2D eigenvalue weighted by molar-refractivity contribution is 6.32. The SMILES string of the molecule is O=C(NCC#CCOc1ccc2cccnc2c1)c1ccc(Cl)c([N+](=O)[O-])c1. The van der Waals surface area contributed by atoms with E-state index in [4.69, 9.17) is 16.3 Å². The summed E-state index contributed by atoms with van der Waals surface area (Å²) in [6, 6.07) is 13.3. The zero-order valence-electron chi connectivity index (χ0n) is 14.5. The predicted molar refractivity (Wildman–Crippen MR) is 105 cm³/mol. The van der Waals surface area contributed by atoms with E-state index < -0.39 is 10.8 Å². The highest BCUT2D eigenvalue weighted by Crippen LogP contribution is 2.25. The number of hydrogen-bond acceptors (Lipinski definition) is 5. The fourth-order valence-electron chi connectivity index (χ4n) is 2.39. The second-order valence-corrected chi connectivity index (χ2v) is 6.01. The number of nitrogens with one attached hydrogen (secondary N) is 1. The third-order valence-corrected chi connectivity index (χ3v) is 4.08. The molecule has 28 heavy (non-hydrogen) atoms. The summed E-state index contributed by atoms with van der Waals surface area (Å²) in [4.78, 5) is 26.5. The Balaban J connectivity index is 1.50. The molecule has 0 spiro atoms. The molecule has 1 amide bonds. The van der Waals surface area contributed by atoms with Gasteiger partial charge in [-0.15, -0.1) is 0 Å². The number of ether oxygens (including phenoxy) is 1. The number of aromatic nitrogens is 1. The van der Waals surface area contributed by atoms with Crippen molar-refractivity contribution in [3.05, 3.63) is 75.4 Å². The number of carbonyl (C=O) groups excluding carboxylic acids is 1. The Morgan fingerprint density at radius 1 is 1.21 bits per heavy atom. The van der Waals surface area contributed by atoms with E-state index >= 15 is 0 Å². The first-order valence-corrected chi connectivity index (χ1v) is 8.58. The number of hydrogen-bond donors (Lipinski definition) is 1. The molecule has 8 heteroatoms. The molecule has 3 aromatic rings. The molecule has 1 aromatic heterocycles. The number of fused-ring (bicyclic) bond motifs is 1. The smallest absolute Gasteiger partial charge is 0.288 e. The Morgan fingerprint density at radius 2 is 2.07 bits per heavy atom. The maximum absolute atomic E-state index is 12.0. The Hall–Kier alpha value is -3.63. The minimum atomic E-state index is -0.640. The molecule has 140 valence electrons. The summed E-state index contributed by atoms with van der Waals surface area (Å²) in [6.07, 6.45) is 1.71. The van der Waals surface area contributed by atoms with Gasteiger partial charge in [-0.3, -0.25) is 19.9 Å². The Bertz CT molecular complexity index is 1110. The first-order chi connectivity index (χ1) is 13.5. The molecule has 2 aromatic carbocycles. The van der Waals surface area contributed by atoms with Gasteiger partial charge < -0.3 is 10.1 Å². The lowest BCUT2D eigenvalue weighted by Crippen LogP contribution is -2.23. The van der Waals surface area contributed by atoms with Crippen LogP contribution < -0.4 is 10.1 Å². The molecule has 0 fully saturated rings. The molecule has 3 rings (SSSR count). The van der Waals surface area contributed by atoms with Crippen molar-refractivity contribution < 1.29 is 14.5 Å². The van der Waals surface area contributed by atoms with Crippen LogP contribution in [0, 0.1) is 22.0 Å². The lowest BCUT2D eigenvalue weighted by atomic mass is 10.2. The zero-order valence-corrected chi connectivity index (χ0v) is 15.3. The summed E-state index contributed by atoms with van der Waals surface area (Å²) in [5.41, 5.74) is 0.647. The number of carbonyl (C=O) groups is 1. The summed E-state index contributed by atoms with van der Waals surface area (Å²) in [7, 11) is 0. The number of benzene rings is 2. The fraction of sp³-hybridized carbons (Fsp3) is 0.100. The first kappa shape index (κ1) is 19.1. The third kappa shape index (κ3) is 4.75. The van der Waals surface area contributed by atoms with Crippen molar-refractivity contribution in [3.8, 4) is 17.6 Å². The molecule has 0 aliphatic carbocycles. The van der Waals surface area contributed by atoms with Gasteiger partial charge in [0, 0.05) is 29.3 Å². The molecular formula is C20H14ClN3O4. The molecule has 0 aliphatic rings. The van der Waals surface area contributed by atoms with Gasteiger partial charge in [-0.2, -0.15) is 0 Å². The van der Waals surface area contributed by atoms with Crippen LogP contribution in [-0.4, -0.2) is 29.0 Å². The van der Waals surface area contributed by atoms with E-state index in [0.717, 1.165) is 17.0 Å². The molecule has 0 saturated heterocycles. The summed E-state index contributed by atoms with van der Waals surface area (Å²) in [5.74, 6) is 5.73. The number of halogens is 1. The largest absolute Gasteiger partial charge is 0.481 e. The molecule has 1 N–H and O–H groups in total. The van der Waals surface area contributed by atoms with Gasteiger partial charge in [0.2, 0.25) is 0 Å². The first-order valence-electron chi connectivity index (χ1n) is 8.20. The molecular weight excluding hydrogens is 382 g/mol. The molecule has 0 bridgehead atoms. The van der Waals surface area contributed by atoms with Gasteiger partial charge in [0.05, 0.1) is 17.0 Å². The topological polar surface area (TPSA) is 94.4 Å². The average Bonchev–Trinajstić information content (AvgIpc) is 2.70. The van der Waals surface area contributed by atoms with Gasteiger partial charge in [0.25, 0.3) is 11.6 Å². The number of pyridine rings is 1.